The SMILES string of the molecule is COCCn1cc(NC(C)=O)c(Nc2ncc3cc(-c4c(Cl)c(OC)cc(OC)c4Cl)ncc3n2)c1. The molecule has 0 bridgehead atoms. The molecule has 4 aromatic rings. The van der Waals surface area contributed by atoms with Crippen LogP contribution in [0.1, 0.15) is 6.92 Å². The molecule has 36 heavy (non-hydrogen) atoms. The lowest BCUT2D eigenvalue weighted by Gasteiger charge is -2.14. The monoisotopic (exact) mass is 530 g/mol. The lowest BCUT2D eigenvalue weighted by atomic mass is 10.1. The van der Waals surface area contributed by atoms with Crippen LogP contribution in [-0.4, -0.2) is 53.4 Å². The van der Waals surface area contributed by atoms with Crippen LogP contribution in [0.4, 0.5) is 17.3 Å². The molecule has 0 atom stereocenters. The van der Waals surface area contributed by atoms with Gasteiger partial charge in [-0.2, -0.15) is 0 Å². The van der Waals surface area contributed by atoms with E-state index in [1.54, 1.807) is 31.6 Å². The van der Waals surface area contributed by atoms with Crippen LogP contribution in [0.25, 0.3) is 22.2 Å². The number of aromatic nitrogens is 4. The van der Waals surface area contributed by atoms with Gasteiger partial charge in [0.15, 0.2) is 0 Å². The normalized spacial score (nSPS) is 10.9. The van der Waals surface area contributed by atoms with Crippen molar-refractivity contribution >= 4 is 57.3 Å². The molecule has 1 amide bonds. The van der Waals surface area contributed by atoms with E-state index in [-0.39, 0.29) is 5.91 Å². The van der Waals surface area contributed by atoms with E-state index in [0.29, 0.717) is 68.8 Å². The number of amides is 1. The van der Waals surface area contributed by atoms with Crippen molar-refractivity contribution in [3.63, 3.8) is 0 Å². The molecular weight excluding hydrogens is 507 g/mol. The quantitative estimate of drug-likeness (QED) is 0.305. The number of methoxy groups -OCH3 is 3. The van der Waals surface area contributed by atoms with E-state index in [2.05, 4.69) is 25.6 Å². The fraction of sp³-hybridized carbons (Fsp3) is 0.250. The molecule has 188 valence electrons. The zero-order chi connectivity index (χ0) is 25.8. The highest BCUT2D eigenvalue weighted by atomic mass is 35.5. The van der Waals surface area contributed by atoms with Crippen LogP contribution in [-0.2, 0) is 16.1 Å². The number of carbonyl (C=O) groups excluding carboxylic acids is 1. The minimum atomic E-state index is -0.190. The number of nitrogens with one attached hydrogen (secondary N) is 2. The summed E-state index contributed by atoms with van der Waals surface area (Å²) in [5.74, 6) is 0.980. The predicted molar refractivity (Wildman–Crippen MR) is 140 cm³/mol. The molecule has 10 nitrogen and oxygen atoms in total. The highest BCUT2D eigenvalue weighted by Gasteiger charge is 2.20. The van der Waals surface area contributed by atoms with Crippen molar-refractivity contribution in [1.29, 1.82) is 0 Å². The Morgan fingerprint density at radius 1 is 1.00 bits per heavy atom. The lowest BCUT2D eigenvalue weighted by molar-refractivity contribution is -0.114. The Morgan fingerprint density at radius 3 is 2.33 bits per heavy atom. The maximum atomic E-state index is 11.6. The number of halogens is 2. The van der Waals surface area contributed by atoms with Gasteiger partial charge >= 0.3 is 0 Å². The maximum Gasteiger partial charge on any atom is 0.227 e. The van der Waals surface area contributed by atoms with Gasteiger partial charge in [-0.3, -0.25) is 9.78 Å². The zero-order valence-electron chi connectivity index (χ0n) is 20.1. The third kappa shape index (κ3) is 5.30. The zero-order valence-corrected chi connectivity index (χ0v) is 21.6. The second-order valence-electron chi connectivity index (χ2n) is 7.73. The molecule has 2 N–H and O–H groups in total. The molecule has 0 saturated heterocycles. The first-order valence-electron chi connectivity index (χ1n) is 10.8. The molecule has 0 aliphatic heterocycles. The number of benzene rings is 1. The van der Waals surface area contributed by atoms with E-state index >= 15 is 0 Å². The van der Waals surface area contributed by atoms with Crippen molar-refractivity contribution < 1.29 is 19.0 Å². The molecule has 0 fully saturated rings. The highest BCUT2D eigenvalue weighted by molar-refractivity contribution is 6.41. The van der Waals surface area contributed by atoms with Gasteiger partial charge in [0.1, 0.15) is 11.5 Å². The molecule has 0 spiro atoms. The summed E-state index contributed by atoms with van der Waals surface area (Å²) in [6, 6.07) is 3.41. The fourth-order valence-electron chi connectivity index (χ4n) is 3.58. The Labute approximate surface area is 217 Å². The van der Waals surface area contributed by atoms with Gasteiger partial charge in [0.25, 0.3) is 0 Å². The van der Waals surface area contributed by atoms with Crippen LogP contribution >= 0.6 is 23.2 Å². The van der Waals surface area contributed by atoms with E-state index in [1.165, 1.54) is 21.1 Å². The number of nitrogens with zero attached hydrogens (tertiary/aromatic N) is 4. The van der Waals surface area contributed by atoms with Crippen LogP contribution < -0.4 is 20.1 Å². The number of rotatable bonds is 9. The molecule has 3 aromatic heterocycles. The van der Waals surface area contributed by atoms with Gasteiger partial charge in [-0.05, 0) is 6.07 Å². The Kier molecular flexibility index (Phi) is 7.78. The number of hydrogen-bond donors (Lipinski definition) is 2. The summed E-state index contributed by atoms with van der Waals surface area (Å²) < 4.78 is 17.7. The number of fused-ring (bicyclic) bond motifs is 1. The molecule has 4 rings (SSSR count). The topological polar surface area (TPSA) is 112 Å². The highest BCUT2D eigenvalue weighted by Crippen LogP contribution is 2.45. The molecule has 3 heterocycles. The van der Waals surface area contributed by atoms with Crippen molar-refractivity contribution in [2.75, 3.05) is 38.6 Å². The first-order valence-corrected chi connectivity index (χ1v) is 11.6. The first-order chi connectivity index (χ1) is 17.3. The second-order valence-corrected chi connectivity index (χ2v) is 8.48. The van der Waals surface area contributed by atoms with Crippen LogP contribution in [0, 0.1) is 0 Å². The fourth-order valence-corrected chi connectivity index (χ4v) is 4.28. The molecule has 1 aromatic carbocycles. The van der Waals surface area contributed by atoms with Crippen molar-refractivity contribution in [2.24, 2.45) is 0 Å². The Morgan fingerprint density at radius 2 is 1.69 bits per heavy atom. The summed E-state index contributed by atoms with van der Waals surface area (Å²) in [6.45, 7) is 2.60. The van der Waals surface area contributed by atoms with Gasteiger partial charge < -0.3 is 29.4 Å². The number of carbonyl (C=O) groups is 1. The van der Waals surface area contributed by atoms with Crippen LogP contribution in [0.3, 0.4) is 0 Å². The van der Waals surface area contributed by atoms with Gasteiger partial charge in [0.05, 0.1) is 59.7 Å². The summed E-state index contributed by atoms with van der Waals surface area (Å²) in [5.41, 5.74) is 2.84. The van der Waals surface area contributed by atoms with E-state index in [1.807, 2.05) is 17.0 Å². The molecular formula is C24H24Cl2N6O4. The third-order valence-electron chi connectivity index (χ3n) is 5.29. The third-order valence-corrected chi connectivity index (χ3v) is 6.04. The average molecular weight is 531 g/mol. The molecule has 0 aliphatic rings. The summed E-state index contributed by atoms with van der Waals surface area (Å²) in [6.07, 6.45) is 6.93. The molecule has 0 unspecified atom stereocenters. The summed E-state index contributed by atoms with van der Waals surface area (Å²) in [5, 5.41) is 7.32. The van der Waals surface area contributed by atoms with Crippen molar-refractivity contribution in [2.45, 2.75) is 13.5 Å². The van der Waals surface area contributed by atoms with Gasteiger partial charge in [-0.1, -0.05) is 23.2 Å². The largest absolute Gasteiger partial charge is 0.495 e. The van der Waals surface area contributed by atoms with Gasteiger partial charge in [-0.15, -0.1) is 0 Å². The van der Waals surface area contributed by atoms with Crippen molar-refractivity contribution in [1.82, 2.24) is 19.5 Å². The average Bonchev–Trinajstić information content (AvgIpc) is 3.23. The van der Waals surface area contributed by atoms with E-state index in [0.717, 1.165) is 5.39 Å². The van der Waals surface area contributed by atoms with E-state index < -0.39 is 0 Å². The summed E-state index contributed by atoms with van der Waals surface area (Å²) >= 11 is 13.1. The standard InChI is InChI=1S/C24H24Cl2N6O4/c1-13(33)29-17-11-32(5-6-34-2)12-18(17)31-24-28-9-14-7-15(27-10-16(14)30-24)21-22(25)19(35-3)8-20(36-4)23(21)26/h7-12H,5-6H2,1-4H3,(H,29,33)(H,28,30,31). The molecule has 0 saturated carbocycles. The first kappa shape index (κ1) is 25.5. The van der Waals surface area contributed by atoms with Crippen LogP contribution in [0.5, 0.6) is 11.5 Å². The molecule has 0 radical (unpaired) electrons. The Bertz CT molecular complexity index is 1400. The van der Waals surface area contributed by atoms with Crippen molar-refractivity contribution in [3.05, 3.63) is 47.0 Å². The van der Waals surface area contributed by atoms with E-state index in [4.69, 9.17) is 37.4 Å². The van der Waals surface area contributed by atoms with Crippen LogP contribution in [0.2, 0.25) is 10.0 Å². The lowest BCUT2D eigenvalue weighted by Crippen LogP contribution is -2.07. The van der Waals surface area contributed by atoms with E-state index in [9.17, 15) is 4.79 Å². The minimum absolute atomic E-state index is 0.190. The van der Waals surface area contributed by atoms with Gasteiger partial charge in [0.2, 0.25) is 11.9 Å². The molecule has 12 heteroatoms. The van der Waals surface area contributed by atoms with Crippen molar-refractivity contribution in [3.8, 4) is 22.8 Å². The smallest absolute Gasteiger partial charge is 0.227 e. The number of hydrogen-bond acceptors (Lipinski definition) is 8. The summed E-state index contributed by atoms with van der Waals surface area (Å²) in [7, 11) is 4.65. The van der Waals surface area contributed by atoms with Gasteiger partial charge in [0, 0.05) is 56.2 Å². The molecule has 0 aliphatic carbocycles. The Hall–Kier alpha value is -3.60. The Balaban J connectivity index is 1.68. The second kappa shape index (κ2) is 11.0. The number of ether oxygens (including phenoxy) is 3. The number of pyridine rings is 1. The van der Waals surface area contributed by atoms with Gasteiger partial charge in [-0.25, -0.2) is 9.97 Å². The minimum Gasteiger partial charge on any atom is -0.495 e. The number of anilines is 3. The van der Waals surface area contributed by atoms with Crippen LogP contribution in [0.15, 0.2) is 36.9 Å². The predicted octanol–water partition coefficient (Wildman–Crippen LogP) is 5.17. The summed E-state index contributed by atoms with van der Waals surface area (Å²) in [4.78, 5) is 25.2. The maximum absolute atomic E-state index is 11.6.